The molecule has 34 heavy (non-hydrogen) atoms. The number of nitrogens with two attached hydrogens (primary N) is 1. The highest BCUT2D eigenvalue weighted by molar-refractivity contribution is 6.37. The van der Waals surface area contributed by atoms with Gasteiger partial charge in [-0.1, -0.05) is 29.8 Å². The van der Waals surface area contributed by atoms with Gasteiger partial charge in [0.25, 0.3) is 0 Å². The van der Waals surface area contributed by atoms with Crippen LogP contribution in [0.15, 0.2) is 41.8 Å². The zero-order valence-electron chi connectivity index (χ0n) is 19.9. The van der Waals surface area contributed by atoms with Gasteiger partial charge in [-0.3, -0.25) is 9.69 Å². The average Bonchev–Trinajstić information content (AvgIpc) is 3.23. The van der Waals surface area contributed by atoms with E-state index in [-0.39, 0.29) is 5.78 Å². The number of halogens is 2. The van der Waals surface area contributed by atoms with Crippen molar-refractivity contribution in [1.82, 2.24) is 14.7 Å². The van der Waals surface area contributed by atoms with Gasteiger partial charge in [0, 0.05) is 50.5 Å². The quantitative estimate of drug-likeness (QED) is 0.276. The van der Waals surface area contributed by atoms with E-state index >= 15 is 0 Å². The van der Waals surface area contributed by atoms with Gasteiger partial charge in [0.2, 0.25) is 0 Å². The first-order chi connectivity index (χ1) is 16.4. The molecule has 2 aliphatic heterocycles. The van der Waals surface area contributed by atoms with Crippen molar-refractivity contribution in [2.24, 2.45) is 10.7 Å². The van der Waals surface area contributed by atoms with Crippen molar-refractivity contribution < 1.29 is 9.53 Å². The molecule has 2 aliphatic rings. The highest BCUT2D eigenvalue weighted by atomic mass is 35.5. The van der Waals surface area contributed by atoms with Crippen LogP contribution in [-0.4, -0.2) is 85.2 Å². The lowest BCUT2D eigenvalue weighted by atomic mass is 10.1. The highest BCUT2D eigenvalue weighted by Crippen LogP contribution is 2.34. The minimum absolute atomic E-state index is 0.0169. The number of hydrogen-bond donors (Lipinski definition) is 1. The monoisotopic (exact) mass is 507 g/mol. The SMILES string of the molecule is C=C(N=C/C=C\N)N1CCN(CC(=O)c2cc(Cl)c(OCCCN3CCC[C@H]3C)c(Cl)c2)CC1. The van der Waals surface area contributed by atoms with E-state index in [0.29, 0.717) is 46.4 Å². The summed E-state index contributed by atoms with van der Waals surface area (Å²) in [7, 11) is 0. The number of hydrogen-bond acceptors (Lipinski definition) is 7. The molecule has 7 nitrogen and oxygen atoms in total. The lowest BCUT2D eigenvalue weighted by molar-refractivity contribution is 0.0881. The molecule has 3 rings (SSSR count). The van der Waals surface area contributed by atoms with E-state index in [1.807, 2.05) is 0 Å². The van der Waals surface area contributed by atoms with Crippen LogP contribution in [-0.2, 0) is 0 Å². The molecule has 2 heterocycles. The molecule has 0 amide bonds. The zero-order chi connectivity index (χ0) is 24.5. The number of rotatable bonds is 11. The Morgan fingerprint density at radius 2 is 1.94 bits per heavy atom. The Morgan fingerprint density at radius 1 is 1.24 bits per heavy atom. The predicted molar refractivity (Wildman–Crippen MR) is 140 cm³/mol. The normalized spacial score (nSPS) is 20.0. The number of piperazine rings is 1. The van der Waals surface area contributed by atoms with E-state index in [2.05, 4.69) is 33.2 Å². The molecule has 2 N–H and O–H groups in total. The Labute approximate surface area is 212 Å². The Kier molecular flexibility index (Phi) is 10.3. The Morgan fingerprint density at radius 3 is 2.56 bits per heavy atom. The summed E-state index contributed by atoms with van der Waals surface area (Å²) < 4.78 is 5.87. The number of ketones is 1. The first-order valence-corrected chi connectivity index (χ1v) is 12.6. The molecule has 0 aromatic heterocycles. The molecule has 1 atom stereocenters. The highest BCUT2D eigenvalue weighted by Gasteiger charge is 2.22. The Hall–Kier alpha value is -2.06. The van der Waals surface area contributed by atoms with Crippen LogP contribution < -0.4 is 10.5 Å². The van der Waals surface area contributed by atoms with E-state index in [9.17, 15) is 4.79 Å². The van der Waals surface area contributed by atoms with Crippen molar-refractivity contribution in [1.29, 1.82) is 0 Å². The summed E-state index contributed by atoms with van der Waals surface area (Å²) in [4.78, 5) is 23.8. The van der Waals surface area contributed by atoms with Gasteiger partial charge < -0.3 is 20.3 Å². The lowest BCUT2D eigenvalue weighted by Gasteiger charge is -2.35. The second-order valence-electron chi connectivity index (χ2n) is 8.76. The molecule has 0 aliphatic carbocycles. The van der Waals surface area contributed by atoms with E-state index in [4.69, 9.17) is 33.7 Å². The molecule has 186 valence electrons. The number of ether oxygens (including phenoxy) is 1. The fourth-order valence-corrected chi connectivity index (χ4v) is 4.94. The van der Waals surface area contributed by atoms with Crippen molar-refractivity contribution in [3.8, 4) is 5.75 Å². The number of Topliss-reactive ketones (excluding diaryl/α,β-unsaturated/α-hetero) is 1. The van der Waals surface area contributed by atoms with Crippen LogP contribution in [0.4, 0.5) is 0 Å². The topological polar surface area (TPSA) is 74.4 Å². The van der Waals surface area contributed by atoms with Crippen LogP contribution in [0.5, 0.6) is 5.75 Å². The molecule has 0 unspecified atom stereocenters. The van der Waals surface area contributed by atoms with Gasteiger partial charge in [-0.2, -0.15) is 0 Å². The molecular weight excluding hydrogens is 473 g/mol. The first kappa shape index (κ1) is 26.5. The number of nitrogens with zero attached hydrogens (tertiary/aromatic N) is 4. The predicted octanol–water partition coefficient (Wildman–Crippen LogP) is 4.06. The molecule has 0 radical (unpaired) electrons. The lowest BCUT2D eigenvalue weighted by Crippen LogP contribution is -2.47. The number of allylic oxidation sites excluding steroid dienone is 1. The van der Waals surface area contributed by atoms with Crippen LogP contribution in [0.2, 0.25) is 10.0 Å². The van der Waals surface area contributed by atoms with Crippen molar-refractivity contribution in [2.45, 2.75) is 32.2 Å². The summed E-state index contributed by atoms with van der Waals surface area (Å²) in [6.45, 7) is 12.2. The van der Waals surface area contributed by atoms with Gasteiger partial charge in [0.15, 0.2) is 11.5 Å². The van der Waals surface area contributed by atoms with Crippen molar-refractivity contribution in [2.75, 3.05) is 52.4 Å². The minimum Gasteiger partial charge on any atom is -0.490 e. The van der Waals surface area contributed by atoms with E-state index in [1.165, 1.54) is 19.0 Å². The largest absolute Gasteiger partial charge is 0.490 e. The Bertz CT molecular complexity index is 890. The van der Waals surface area contributed by atoms with Crippen molar-refractivity contribution >= 4 is 35.2 Å². The van der Waals surface area contributed by atoms with Crippen molar-refractivity contribution in [3.63, 3.8) is 0 Å². The second-order valence-corrected chi connectivity index (χ2v) is 9.58. The van der Waals surface area contributed by atoms with Gasteiger partial charge in [-0.25, -0.2) is 4.99 Å². The summed E-state index contributed by atoms with van der Waals surface area (Å²) in [5.41, 5.74) is 5.80. The van der Waals surface area contributed by atoms with Crippen molar-refractivity contribution in [3.05, 3.63) is 52.4 Å². The fourth-order valence-electron chi connectivity index (χ4n) is 4.34. The number of benzene rings is 1. The van der Waals surface area contributed by atoms with E-state index in [1.54, 1.807) is 24.4 Å². The molecule has 9 heteroatoms. The molecule has 1 aromatic carbocycles. The number of likely N-dealkylation sites (tertiary alicyclic amines) is 1. The second kappa shape index (κ2) is 13.1. The third-order valence-corrected chi connectivity index (χ3v) is 6.93. The van der Waals surface area contributed by atoms with Crippen LogP contribution in [0.3, 0.4) is 0 Å². The zero-order valence-corrected chi connectivity index (χ0v) is 21.4. The third-order valence-electron chi connectivity index (χ3n) is 6.37. The van der Waals surface area contributed by atoms with E-state index in [0.717, 1.165) is 45.7 Å². The maximum Gasteiger partial charge on any atom is 0.176 e. The van der Waals surface area contributed by atoms with Gasteiger partial charge in [0.1, 0.15) is 5.82 Å². The summed E-state index contributed by atoms with van der Waals surface area (Å²) in [5.74, 6) is 1.12. The van der Waals surface area contributed by atoms with Gasteiger partial charge in [0.05, 0.1) is 23.2 Å². The van der Waals surface area contributed by atoms with Gasteiger partial charge >= 0.3 is 0 Å². The van der Waals surface area contributed by atoms with Crippen LogP contribution in [0.1, 0.15) is 36.5 Å². The third kappa shape index (κ3) is 7.47. The average molecular weight is 508 g/mol. The minimum atomic E-state index is -0.0169. The van der Waals surface area contributed by atoms with Gasteiger partial charge in [-0.05, 0) is 57.1 Å². The van der Waals surface area contributed by atoms with Crippen LogP contribution in [0.25, 0.3) is 0 Å². The molecule has 1 aromatic rings. The van der Waals surface area contributed by atoms with Crippen LogP contribution >= 0.6 is 23.2 Å². The standard InChI is InChI=1S/C25H35Cl2N5O2/c1-19-6-3-9-31(19)10-5-15-34-25-22(26)16-21(17-23(25)27)24(33)18-30-11-13-32(14-12-30)20(2)29-8-4-7-28/h4,7-8,16-17,19H,2-3,5-6,9-15,18,28H2,1H3/b7-4-,29-8?/t19-/m1/s1. The molecule has 0 bridgehead atoms. The molecule has 0 spiro atoms. The number of aliphatic imine (C=N–C) groups is 1. The number of carbonyl (C=O) groups is 1. The molecule has 2 saturated heterocycles. The van der Waals surface area contributed by atoms with Crippen LogP contribution in [0, 0.1) is 0 Å². The first-order valence-electron chi connectivity index (χ1n) is 11.8. The number of carbonyl (C=O) groups excluding carboxylic acids is 1. The van der Waals surface area contributed by atoms with E-state index < -0.39 is 0 Å². The smallest absolute Gasteiger partial charge is 0.176 e. The summed E-state index contributed by atoms with van der Waals surface area (Å²) in [5, 5.41) is 0.742. The maximum absolute atomic E-state index is 12.9. The molecule has 0 saturated carbocycles. The fraction of sp³-hybridized carbons (Fsp3) is 0.520. The summed E-state index contributed by atoms with van der Waals surface area (Å²) in [6.07, 6.45) is 8.13. The van der Waals surface area contributed by atoms with Gasteiger partial charge in [-0.15, -0.1) is 0 Å². The summed E-state index contributed by atoms with van der Waals surface area (Å²) >= 11 is 12.9. The summed E-state index contributed by atoms with van der Waals surface area (Å²) in [6, 6.07) is 3.96. The molecule has 2 fully saturated rings. The Balaban J connectivity index is 1.46. The maximum atomic E-state index is 12.9. The molecular formula is C25H35Cl2N5O2.